The number of anilines is 1. The van der Waals surface area contributed by atoms with Crippen LogP contribution in [0.2, 0.25) is 0 Å². The van der Waals surface area contributed by atoms with E-state index in [4.69, 9.17) is 0 Å². The molecule has 3 rings (SSSR count). The average Bonchev–Trinajstić information content (AvgIpc) is 2.54. The SMILES string of the molecule is O=C(Nc1ccc(C(F)(F)F)cc1)N1CCc2ncncc2C1. The fraction of sp³-hybridized carbons (Fsp3) is 0.267. The van der Waals surface area contributed by atoms with E-state index in [0.29, 0.717) is 25.2 Å². The third-order valence-corrected chi connectivity index (χ3v) is 3.61. The number of halogens is 3. The molecule has 0 unspecified atom stereocenters. The Morgan fingerprint density at radius 3 is 2.65 bits per heavy atom. The molecule has 1 aromatic carbocycles. The molecule has 23 heavy (non-hydrogen) atoms. The Kier molecular flexibility index (Phi) is 3.89. The van der Waals surface area contributed by atoms with Gasteiger partial charge in [-0.1, -0.05) is 0 Å². The summed E-state index contributed by atoms with van der Waals surface area (Å²) in [6, 6.07) is 3.99. The molecule has 0 fully saturated rings. The van der Waals surface area contributed by atoms with Crippen LogP contribution in [-0.4, -0.2) is 27.4 Å². The molecule has 5 nitrogen and oxygen atoms in total. The summed E-state index contributed by atoms with van der Waals surface area (Å²) in [7, 11) is 0. The van der Waals surface area contributed by atoms with Gasteiger partial charge < -0.3 is 10.2 Å². The van der Waals surface area contributed by atoms with Gasteiger partial charge in [-0.3, -0.25) is 0 Å². The van der Waals surface area contributed by atoms with Gasteiger partial charge in [0.2, 0.25) is 0 Å². The Morgan fingerprint density at radius 2 is 1.96 bits per heavy atom. The first kappa shape index (κ1) is 15.3. The molecule has 0 atom stereocenters. The molecule has 0 saturated carbocycles. The number of nitrogens with one attached hydrogen (secondary N) is 1. The average molecular weight is 322 g/mol. The Labute approximate surface area is 130 Å². The van der Waals surface area contributed by atoms with Crippen molar-refractivity contribution < 1.29 is 18.0 Å². The largest absolute Gasteiger partial charge is 0.416 e. The van der Waals surface area contributed by atoms with Crippen LogP contribution in [0.25, 0.3) is 0 Å². The van der Waals surface area contributed by atoms with Gasteiger partial charge in [0.05, 0.1) is 17.8 Å². The predicted octanol–water partition coefficient (Wildman–Crippen LogP) is 3.09. The monoisotopic (exact) mass is 322 g/mol. The number of carbonyl (C=O) groups is 1. The zero-order chi connectivity index (χ0) is 16.4. The number of hydrogen-bond acceptors (Lipinski definition) is 3. The van der Waals surface area contributed by atoms with Crippen molar-refractivity contribution in [1.29, 1.82) is 0 Å². The molecule has 0 radical (unpaired) electrons. The maximum Gasteiger partial charge on any atom is 0.416 e. The summed E-state index contributed by atoms with van der Waals surface area (Å²) >= 11 is 0. The summed E-state index contributed by atoms with van der Waals surface area (Å²) in [6.07, 6.45) is -0.631. The van der Waals surface area contributed by atoms with Crippen LogP contribution >= 0.6 is 0 Å². The van der Waals surface area contributed by atoms with Gasteiger partial charge in [-0.2, -0.15) is 13.2 Å². The van der Waals surface area contributed by atoms with E-state index in [1.165, 1.54) is 18.5 Å². The number of alkyl halides is 3. The minimum Gasteiger partial charge on any atom is -0.320 e. The summed E-state index contributed by atoms with van der Waals surface area (Å²) in [5.74, 6) is 0. The highest BCUT2D eigenvalue weighted by atomic mass is 19.4. The van der Waals surface area contributed by atoms with Crippen molar-refractivity contribution in [3.63, 3.8) is 0 Å². The summed E-state index contributed by atoms with van der Waals surface area (Å²) < 4.78 is 37.5. The van der Waals surface area contributed by atoms with Crippen molar-refractivity contribution in [2.45, 2.75) is 19.1 Å². The lowest BCUT2D eigenvalue weighted by Gasteiger charge is -2.28. The molecule has 2 heterocycles. The van der Waals surface area contributed by atoms with E-state index >= 15 is 0 Å². The zero-order valence-electron chi connectivity index (χ0n) is 12.0. The van der Waals surface area contributed by atoms with Gasteiger partial charge in [-0.25, -0.2) is 14.8 Å². The van der Waals surface area contributed by atoms with Crippen LogP contribution in [0, 0.1) is 0 Å². The second-order valence-corrected chi connectivity index (χ2v) is 5.17. The molecule has 1 N–H and O–H groups in total. The molecule has 120 valence electrons. The van der Waals surface area contributed by atoms with Crippen molar-refractivity contribution in [3.8, 4) is 0 Å². The molecule has 1 aromatic heterocycles. The molecule has 0 saturated heterocycles. The molecule has 8 heteroatoms. The summed E-state index contributed by atoms with van der Waals surface area (Å²) in [6.45, 7) is 0.874. The van der Waals surface area contributed by atoms with Crippen molar-refractivity contribution in [2.24, 2.45) is 0 Å². The molecular formula is C15H13F3N4O. The van der Waals surface area contributed by atoms with Gasteiger partial charge >= 0.3 is 12.2 Å². The predicted molar refractivity (Wildman–Crippen MR) is 76.6 cm³/mol. The first-order valence-electron chi connectivity index (χ1n) is 6.94. The van der Waals surface area contributed by atoms with Crippen LogP contribution in [0.15, 0.2) is 36.8 Å². The number of benzene rings is 1. The van der Waals surface area contributed by atoms with Crippen LogP contribution in [-0.2, 0) is 19.1 Å². The number of hydrogen-bond donors (Lipinski definition) is 1. The highest BCUT2D eigenvalue weighted by Gasteiger charge is 2.30. The first-order chi connectivity index (χ1) is 10.9. The van der Waals surface area contributed by atoms with Crippen LogP contribution < -0.4 is 5.32 Å². The number of rotatable bonds is 1. The number of urea groups is 1. The molecule has 2 aromatic rings. The number of aromatic nitrogens is 2. The number of amides is 2. The van der Waals surface area contributed by atoms with Crippen LogP contribution in [0.3, 0.4) is 0 Å². The van der Waals surface area contributed by atoms with Gasteiger partial charge in [-0.15, -0.1) is 0 Å². The van der Waals surface area contributed by atoms with Crippen LogP contribution in [0.4, 0.5) is 23.7 Å². The smallest absolute Gasteiger partial charge is 0.320 e. The zero-order valence-corrected chi connectivity index (χ0v) is 12.0. The molecule has 2 amide bonds. The lowest BCUT2D eigenvalue weighted by Crippen LogP contribution is -2.39. The lowest BCUT2D eigenvalue weighted by molar-refractivity contribution is -0.137. The minimum atomic E-state index is -4.39. The molecule has 1 aliphatic heterocycles. The molecule has 0 aliphatic carbocycles. The maximum absolute atomic E-state index is 12.5. The van der Waals surface area contributed by atoms with Crippen molar-refractivity contribution in [1.82, 2.24) is 14.9 Å². The molecule has 1 aliphatic rings. The Hall–Kier alpha value is -2.64. The van der Waals surface area contributed by atoms with E-state index in [-0.39, 0.29) is 6.03 Å². The highest BCUT2D eigenvalue weighted by molar-refractivity contribution is 5.89. The topological polar surface area (TPSA) is 58.1 Å². The second kappa shape index (κ2) is 5.86. The highest BCUT2D eigenvalue weighted by Crippen LogP contribution is 2.29. The van der Waals surface area contributed by atoms with Gasteiger partial charge in [-0.05, 0) is 24.3 Å². The Bertz CT molecular complexity index is 715. The Balaban J connectivity index is 1.66. The number of carbonyl (C=O) groups excluding carboxylic acids is 1. The van der Waals surface area contributed by atoms with Gasteiger partial charge in [0.1, 0.15) is 6.33 Å². The molecular weight excluding hydrogens is 309 g/mol. The molecule has 0 spiro atoms. The summed E-state index contributed by atoms with van der Waals surface area (Å²) in [5.41, 5.74) is 1.36. The fourth-order valence-corrected chi connectivity index (χ4v) is 2.38. The van der Waals surface area contributed by atoms with Gasteiger partial charge in [0, 0.05) is 30.4 Å². The van der Waals surface area contributed by atoms with Gasteiger partial charge in [0.25, 0.3) is 0 Å². The maximum atomic E-state index is 12.5. The fourth-order valence-electron chi connectivity index (χ4n) is 2.38. The van der Waals surface area contributed by atoms with Gasteiger partial charge in [0.15, 0.2) is 0 Å². The van der Waals surface area contributed by atoms with E-state index in [0.717, 1.165) is 23.4 Å². The molecule has 0 bridgehead atoms. The number of fused-ring (bicyclic) bond motifs is 1. The third-order valence-electron chi connectivity index (χ3n) is 3.61. The van der Waals surface area contributed by atoms with Crippen molar-refractivity contribution in [2.75, 3.05) is 11.9 Å². The van der Waals surface area contributed by atoms with Crippen molar-refractivity contribution >= 4 is 11.7 Å². The third kappa shape index (κ3) is 3.41. The first-order valence-corrected chi connectivity index (χ1v) is 6.94. The van der Waals surface area contributed by atoms with Crippen LogP contribution in [0.1, 0.15) is 16.8 Å². The summed E-state index contributed by atoms with van der Waals surface area (Å²) in [4.78, 5) is 21.9. The van der Waals surface area contributed by atoms with E-state index in [1.807, 2.05) is 0 Å². The minimum absolute atomic E-state index is 0.318. The normalized spacial score (nSPS) is 14.3. The van der Waals surface area contributed by atoms with E-state index < -0.39 is 11.7 Å². The standard InChI is InChI=1S/C15H13F3N4O/c16-15(17,18)11-1-3-12(4-2-11)21-14(23)22-6-5-13-10(8-22)7-19-9-20-13/h1-4,7,9H,5-6,8H2,(H,21,23). The number of nitrogens with zero attached hydrogens (tertiary/aromatic N) is 3. The van der Waals surface area contributed by atoms with Crippen LogP contribution in [0.5, 0.6) is 0 Å². The second-order valence-electron chi connectivity index (χ2n) is 5.17. The van der Waals surface area contributed by atoms with E-state index in [9.17, 15) is 18.0 Å². The quantitative estimate of drug-likeness (QED) is 0.878. The Morgan fingerprint density at radius 1 is 1.22 bits per heavy atom. The van der Waals surface area contributed by atoms with E-state index in [1.54, 1.807) is 11.1 Å². The summed E-state index contributed by atoms with van der Waals surface area (Å²) in [5, 5.41) is 2.60. The van der Waals surface area contributed by atoms with Crippen molar-refractivity contribution in [3.05, 3.63) is 53.6 Å². The lowest BCUT2D eigenvalue weighted by atomic mass is 10.1. The van der Waals surface area contributed by atoms with E-state index in [2.05, 4.69) is 15.3 Å².